The second-order valence-corrected chi connectivity index (χ2v) is 2.35. The van der Waals surface area contributed by atoms with Crippen molar-refractivity contribution in [1.29, 1.82) is 0 Å². The van der Waals surface area contributed by atoms with Crippen LogP contribution in [0.25, 0.3) is 0 Å². The fraction of sp³-hybridized carbons (Fsp3) is 0.500. The summed E-state index contributed by atoms with van der Waals surface area (Å²) in [5.74, 6) is -1.15. The molecule has 0 atom stereocenters. The fourth-order valence-corrected chi connectivity index (χ4v) is 0.622. The van der Waals surface area contributed by atoms with Crippen molar-refractivity contribution in [2.45, 2.75) is 26.7 Å². The molecule has 0 aliphatic carbocycles. The van der Waals surface area contributed by atoms with Gasteiger partial charge < -0.3 is 5.11 Å². The summed E-state index contributed by atoms with van der Waals surface area (Å²) in [5.41, 5.74) is 0.100. The zero-order valence-electron chi connectivity index (χ0n) is 7.20. The Balaban J connectivity index is 0. The van der Waals surface area contributed by atoms with Crippen molar-refractivity contribution < 1.29 is 37.1 Å². The topological polar surface area (TPSA) is 54.4 Å². The maximum atomic E-state index is 10.8. The molecule has 1 N–H and O–H groups in total. The Hall–Kier alpha value is -0.380. The quantitative estimate of drug-likeness (QED) is 0.605. The van der Waals surface area contributed by atoms with Gasteiger partial charge in [-0.2, -0.15) is 0 Å². The number of allylic oxidation sites excluding steroid dienone is 1. The number of aliphatic carboxylic acids is 1. The summed E-state index contributed by atoms with van der Waals surface area (Å²) >= 11 is 0. The molecule has 0 aliphatic heterocycles. The van der Waals surface area contributed by atoms with Crippen LogP contribution in [-0.4, -0.2) is 16.9 Å². The van der Waals surface area contributed by atoms with Crippen LogP contribution in [0.1, 0.15) is 26.7 Å². The average Bonchev–Trinajstić information content (AvgIpc) is 1.87. The van der Waals surface area contributed by atoms with Gasteiger partial charge in [-0.05, 0) is 19.4 Å². The van der Waals surface area contributed by atoms with Gasteiger partial charge in [0.15, 0.2) is 5.78 Å². The first kappa shape index (κ1) is 14.2. The smallest absolute Gasteiger partial charge is 0.331 e. The van der Waals surface area contributed by atoms with Crippen LogP contribution in [-0.2, 0) is 32.0 Å². The van der Waals surface area contributed by atoms with Crippen LogP contribution in [0.4, 0.5) is 0 Å². The van der Waals surface area contributed by atoms with Crippen LogP contribution < -0.4 is 0 Å². The van der Waals surface area contributed by atoms with Crippen molar-refractivity contribution in [3.63, 3.8) is 0 Å². The summed E-state index contributed by atoms with van der Waals surface area (Å²) < 4.78 is 0. The summed E-state index contributed by atoms with van der Waals surface area (Å²) in [6, 6.07) is 0. The summed E-state index contributed by atoms with van der Waals surface area (Å²) in [6.45, 7) is 3.29. The van der Waals surface area contributed by atoms with Gasteiger partial charge in [0.1, 0.15) is 0 Å². The fourth-order valence-electron chi connectivity index (χ4n) is 0.622. The average molecular weight is 249 g/mol. The standard InChI is InChI=1S/C8H12O3.Nb/c1-3-4-7(9)5-6(2)8(10)11;/h5H,3-4H2,1-2H3,(H,10,11);. The van der Waals surface area contributed by atoms with E-state index in [-0.39, 0.29) is 33.7 Å². The van der Waals surface area contributed by atoms with Gasteiger partial charge in [-0.3, -0.25) is 4.79 Å². The molecule has 0 unspecified atom stereocenters. The molecular weight excluding hydrogens is 237 g/mol. The minimum absolute atomic E-state index is 0. The van der Waals surface area contributed by atoms with E-state index in [9.17, 15) is 9.59 Å². The van der Waals surface area contributed by atoms with E-state index in [0.29, 0.717) is 6.42 Å². The largest absolute Gasteiger partial charge is 0.478 e. The number of carbonyl (C=O) groups excluding carboxylic acids is 1. The number of ketones is 1. The van der Waals surface area contributed by atoms with E-state index in [1.54, 1.807) is 0 Å². The molecule has 0 heterocycles. The van der Waals surface area contributed by atoms with Crippen molar-refractivity contribution in [3.8, 4) is 0 Å². The summed E-state index contributed by atoms with van der Waals surface area (Å²) in [5, 5.41) is 8.38. The summed E-state index contributed by atoms with van der Waals surface area (Å²) in [4.78, 5) is 21.0. The molecule has 0 fully saturated rings. The molecule has 0 aliphatic rings. The van der Waals surface area contributed by atoms with Crippen LogP contribution in [0.5, 0.6) is 0 Å². The molecule has 1 radical (unpaired) electrons. The molecule has 67 valence electrons. The molecule has 0 aromatic carbocycles. The van der Waals surface area contributed by atoms with Crippen LogP contribution in [0, 0.1) is 0 Å². The van der Waals surface area contributed by atoms with Gasteiger partial charge in [-0.15, -0.1) is 0 Å². The number of carboxylic acid groups (broad SMARTS) is 1. The number of carbonyl (C=O) groups is 2. The predicted molar refractivity (Wildman–Crippen MR) is 41.3 cm³/mol. The van der Waals surface area contributed by atoms with Gasteiger partial charge in [0.2, 0.25) is 0 Å². The van der Waals surface area contributed by atoms with Crippen molar-refractivity contribution in [2.24, 2.45) is 0 Å². The van der Waals surface area contributed by atoms with E-state index in [1.165, 1.54) is 13.0 Å². The normalized spacial score (nSPS) is 10.3. The Morgan fingerprint density at radius 3 is 2.25 bits per heavy atom. The molecule has 12 heavy (non-hydrogen) atoms. The summed E-state index contributed by atoms with van der Waals surface area (Å²) in [6.07, 6.45) is 2.35. The molecule has 0 spiro atoms. The molecule has 0 saturated heterocycles. The van der Waals surface area contributed by atoms with E-state index < -0.39 is 5.97 Å². The van der Waals surface area contributed by atoms with Crippen LogP contribution in [0.15, 0.2) is 11.6 Å². The van der Waals surface area contributed by atoms with Crippen molar-refractivity contribution in [2.75, 3.05) is 0 Å². The Morgan fingerprint density at radius 1 is 1.42 bits per heavy atom. The molecule has 0 rings (SSSR count). The van der Waals surface area contributed by atoms with Gasteiger partial charge in [0.25, 0.3) is 0 Å². The van der Waals surface area contributed by atoms with E-state index in [0.717, 1.165) is 6.42 Å². The van der Waals surface area contributed by atoms with E-state index in [1.807, 2.05) is 6.92 Å². The number of carboxylic acids is 1. The van der Waals surface area contributed by atoms with E-state index >= 15 is 0 Å². The molecule has 0 aromatic rings. The first-order valence-corrected chi connectivity index (χ1v) is 3.52. The van der Waals surface area contributed by atoms with Gasteiger partial charge in [-0.1, -0.05) is 6.92 Å². The van der Waals surface area contributed by atoms with E-state index in [4.69, 9.17) is 5.11 Å². The van der Waals surface area contributed by atoms with Gasteiger partial charge in [0.05, 0.1) is 0 Å². The van der Waals surface area contributed by atoms with E-state index in [2.05, 4.69) is 0 Å². The molecule has 4 heteroatoms. The number of hydrogen-bond donors (Lipinski definition) is 1. The van der Waals surface area contributed by atoms with Crippen LogP contribution in [0.3, 0.4) is 0 Å². The first-order chi connectivity index (χ1) is 5.07. The second-order valence-electron chi connectivity index (χ2n) is 2.35. The SMILES string of the molecule is CCCC(=O)C=C(C)C(=O)O.[Nb]. The van der Waals surface area contributed by atoms with Crippen LogP contribution in [0.2, 0.25) is 0 Å². The maximum absolute atomic E-state index is 10.8. The molecule has 0 saturated carbocycles. The second kappa shape index (κ2) is 7.28. The predicted octanol–water partition coefficient (Wildman–Crippen LogP) is 1.38. The van der Waals surface area contributed by atoms with Crippen molar-refractivity contribution in [3.05, 3.63) is 11.6 Å². The molecule has 3 nitrogen and oxygen atoms in total. The zero-order chi connectivity index (χ0) is 8.85. The molecule has 0 aromatic heterocycles. The minimum Gasteiger partial charge on any atom is -0.478 e. The molecule has 0 amide bonds. The zero-order valence-corrected chi connectivity index (χ0v) is 9.40. The Bertz CT molecular complexity index is 196. The Labute approximate surface area is 87.4 Å². The Morgan fingerprint density at radius 2 is 1.92 bits per heavy atom. The third-order valence-electron chi connectivity index (χ3n) is 1.21. The third kappa shape index (κ3) is 6.34. The number of hydrogen-bond acceptors (Lipinski definition) is 2. The monoisotopic (exact) mass is 249 g/mol. The first-order valence-electron chi connectivity index (χ1n) is 3.52. The molecule has 0 bridgehead atoms. The van der Waals surface area contributed by atoms with Crippen LogP contribution >= 0.6 is 0 Å². The third-order valence-corrected chi connectivity index (χ3v) is 1.21. The number of rotatable bonds is 4. The van der Waals surface area contributed by atoms with Gasteiger partial charge in [-0.25, -0.2) is 4.79 Å². The summed E-state index contributed by atoms with van der Waals surface area (Å²) in [7, 11) is 0. The van der Waals surface area contributed by atoms with Gasteiger partial charge in [0, 0.05) is 34.4 Å². The Kier molecular flexibility index (Phi) is 8.59. The van der Waals surface area contributed by atoms with Crippen molar-refractivity contribution >= 4 is 11.8 Å². The maximum Gasteiger partial charge on any atom is 0.331 e. The van der Waals surface area contributed by atoms with Crippen molar-refractivity contribution in [1.82, 2.24) is 0 Å². The van der Waals surface area contributed by atoms with Gasteiger partial charge >= 0.3 is 5.97 Å². The molecular formula is C8H12NbO3. The minimum atomic E-state index is -1.03.